The minimum atomic E-state index is -0.422. The number of carbonyl (C=O) groups excluding carboxylic acids is 1. The molecular formula is C14H10BrClFNO2. The van der Waals surface area contributed by atoms with Gasteiger partial charge in [0.1, 0.15) is 11.6 Å². The van der Waals surface area contributed by atoms with Crippen molar-refractivity contribution in [3.63, 3.8) is 0 Å². The Balaban J connectivity index is 2.21. The van der Waals surface area contributed by atoms with Crippen LogP contribution >= 0.6 is 27.5 Å². The van der Waals surface area contributed by atoms with Gasteiger partial charge in [-0.1, -0.05) is 11.6 Å². The molecule has 2 rings (SSSR count). The number of nitrogens with one attached hydrogen (secondary N) is 1. The SMILES string of the molecule is COc1cc(NC(=O)c2ccc(F)c(Br)c2)ccc1Cl. The molecule has 1 amide bonds. The fourth-order valence-electron chi connectivity index (χ4n) is 1.58. The molecule has 3 nitrogen and oxygen atoms in total. The van der Waals surface area contributed by atoms with Crippen LogP contribution in [0.15, 0.2) is 40.9 Å². The van der Waals surface area contributed by atoms with E-state index in [1.54, 1.807) is 18.2 Å². The lowest BCUT2D eigenvalue weighted by atomic mass is 10.2. The number of amides is 1. The van der Waals surface area contributed by atoms with Crippen LogP contribution in [0.2, 0.25) is 5.02 Å². The van der Waals surface area contributed by atoms with E-state index in [1.807, 2.05) is 0 Å². The van der Waals surface area contributed by atoms with Gasteiger partial charge in [-0.05, 0) is 46.3 Å². The van der Waals surface area contributed by atoms with Gasteiger partial charge in [-0.2, -0.15) is 0 Å². The third-order valence-corrected chi connectivity index (χ3v) is 3.51. The van der Waals surface area contributed by atoms with E-state index < -0.39 is 5.82 Å². The molecule has 0 unspecified atom stereocenters. The number of anilines is 1. The molecule has 0 spiro atoms. The van der Waals surface area contributed by atoms with Crippen LogP contribution in [0.1, 0.15) is 10.4 Å². The predicted molar refractivity (Wildman–Crippen MR) is 80.1 cm³/mol. The second-order valence-corrected chi connectivity index (χ2v) is 5.19. The van der Waals surface area contributed by atoms with Crippen molar-refractivity contribution >= 4 is 39.1 Å². The van der Waals surface area contributed by atoms with Crippen LogP contribution in [0.4, 0.5) is 10.1 Å². The van der Waals surface area contributed by atoms with Gasteiger partial charge in [-0.15, -0.1) is 0 Å². The number of rotatable bonds is 3. The van der Waals surface area contributed by atoms with Gasteiger partial charge in [-0.3, -0.25) is 4.79 Å². The zero-order chi connectivity index (χ0) is 14.7. The molecule has 0 saturated heterocycles. The fourth-order valence-corrected chi connectivity index (χ4v) is 2.15. The van der Waals surface area contributed by atoms with E-state index in [1.165, 1.54) is 25.3 Å². The van der Waals surface area contributed by atoms with Crippen molar-refractivity contribution in [2.75, 3.05) is 12.4 Å². The molecule has 0 bridgehead atoms. The molecule has 0 aromatic heterocycles. The van der Waals surface area contributed by atoms with Crippen LogP contribution < -0.4 is 10.1 Å². The van der Waals surface area contributed by atoms with E-state index in [4.69, 9.17) is 16.3 Å². The normalized spacial score (nSPS) is 10.2. The Hall–Kier alpha value is -1.59. The highest BCUT2D eigenvalue weighted by Gasteiger charge is 2.10. The average Bonchev–Trinajstić information content (AvgIpc) is 2.43. The van der Waals surface area contributed by atoms with Gasteiger partial charge in [0.05, 0.1) is 16.6 Å². The van der Waals surface area contributed by atoms with E-state index in [-0.39, 0.29) is 10.4 Å². The van der Waals surface area contributed by atoms with Gasteiger partial charge in [0, 0.05) is 17.3 Å². The highest BCUT2D eigenvalue weighted by Crippen LogP contribution is 2.27. The van der Waals surface area contributed by atoms with Gasteiger partial charge in [0.25, 0.3) is 5.91 Å². The molecule has 6 heteroatoms. The van der Waals surface area contributed by atoms with Crippen LogP contribution in [-0.4, -0.2) is 13.0 Å². The number of hydrogen-bond acceptors (Lipinski definition) is 2. The second-order valence-electron chi connectivity index (χ2n) is 3.93. The van der Waals surface area contributed by atoms with Crippen LogP contribution in [0.3, 0.4) is 0 Å². The van der Waals surface area contributed by atoms with Crippen molar-refractivity contribution in [3.05, 3.63) is 57.3 Å². The Morgan fingerprint density at radius 3 is 2.70 bits per heavy atom. The maximum absolute atomic E-state index is 13.1. The summed E-state index contributed by atoms with van der Waals surface area (Å²) >= 11 is 8.94. The third-order valence-electron chi connectivity index (χ3n) is 2.59. The molecule has 1 N–H and O–H groups in total. The first-order valence-electron chi connectivity index (χ1n) is 5.61. The van der Waals surface area contributed by atoms with E-state index >= 15 is 0 Å². The summed E-state index contributed by atoms with van der Waals surface area (Å²) in [5.41, 5.74) is 0.879. The second kappa shape index (κ2) is 6.24. The van der Waals surface area contributed by atoms with Crippen LogP contribution in [0.5, 0.6) is 5.75 Å². The van der Waals surface area contributed by atoms with Crippen LogP contribution in [0, 0.1) is 5.82 Å². The molecule has 0 atom stereocenters. The van der Waals surface area contributed by atoms with E-state index in [0.29, 0.717) is 22.0 Å². The molecule has 0 radical (unpaired) electrons. The van der Waals surface area contributed by atoms with Crippen molar-refractivity contribution in [1.82, 2.24) is 0 Å². The largest absolute Gasteiger partial charge is 0.495 e. The summed E-state index contributed by atoms with van der Waals surface area (Å²) in [5.74, 6) is -0.311. The summed E-state index contributed by atoms with van der Waals surface area (Å²) in [4.78, 5) is 12.0. The standard InChI is InChI=1S/C14H10BrClFNO2/c1-20-13-7-9(3-4-11(13)16)18-14(19)8-2-5-12(17)10(15)6-8/h2-7H,1H3,(H,18,19). The molecular weight excluding hydrogens is 349 g/mol. The molecule has 0 heterocycles. The Morgan fingerprint density at radius 1 is 1.30 bits per heavy atom. The minimum Gasteiger partial charge on any atom is -0.495 e. The lowest BCUT2D eigenvalue weighted by molar-refractivity contribution is 0.102. The quantitative estimate of drug-likeness (QED) is 0.877. The van der Waals surface area contributed by atoms with Crippen molar-refractivity contribution in [2.45, 2.75) is 0 Å². The molecule has 0 fully saturated rings. The Labute approximate surface area is 128 Å². The summed E-state index contributed by atoms with van der Waals surface area (Å²) in [5, 5.41) is 3.14. The van der Waals surface area contributed by atoms with Crippen molar-refractivity contribution in [2.24, 2.45) is 0 Å². The molecule has 0 saturated carbocycles. The number of benzene rings is 2. The van der Waals surface area contributed by atoms with Gasteiger partial charge in [0.2, 0.25) is 0 Å². The fraction of sp³-hybridized carbons (Fsp3) is 0.0714. The highest BCUT2D eigenvalue weighted by molar-refractivity contribution is 9.10. The third kappa shape index (κ3) is 3.29. The molecule has 104 valence electrons. The number of hydrogen-bond donors (Lipinski definition) is 1. The number of carbonyl (C=O) groups is 1. The molecule has 0 aliphatic carbocycles. The first kappa shape index (κ1) is 14.8. The zero-order valence-electron chi connectivity index (χ0n) is 10.4. The van der Waals surface area contributed by atoms with Crippen molar-refractivity contribution in [3.8, 4) is 5.75 Å². The number of halogens is 3. The van der Waals surface area contributed by atoms with Crippen molar-refractivity contribution < 1.29 is 13.9 Å². The highest BCUT2D eigenvalue weighted by atomic mass is 79.9. The summed E-state index contributed by atoms with van der Waals surface area (Å²) in [6, 6.07) is 8.93. The van der Waals surface area contributed by atoms with Gasteiger partial charge < -0.3 is 10.1 Å². The lowest BCUT2D eigenvalue weighted by Gasteiger charge is -2.08. The van der Waals surface area contributed by atoms with Gasteiger partial charge in [0.15, 0.2) is 0 Å². The van der Waals surface area contributed by atoms with Crippen LogP contribution in [0.25, 0.3) is 0 Å². The predicted octanol–water partition coefficient (Wildman–Crippen LogP) is 4.50. The summed E-state index contributed by atoms with van der Waals surface area (Å²) in [7, 11) is 1.49. The minimum absolute atomic E-state index is 0.235. The van der Waals surface area contributed by atoms with Gasteiger partial charge >= 0.3 is 0 Å². The Bertz CT molecular complexity index is 664. The molecule has 20 heavy (non-hydrogen) atoms. The first-order chi connectivity index (χ1) is 9.51. The Kier molecular flexibility index (Phi) is 4.62. The monoisotopic (exact) mass is 357 g/mol. The smallest absolute Gasteiger partial charge is 0.255 e. The summed E-state index contributed by atoms with van der Waals surface area (Å²) in [6.45, 7) is 0. The Morgan fingerprint density at radius 2 is 2.05 bits per heavy atom. The van der Waals surface area contributed by atoms with E-state index in [0.717, 1.165) is 0 Å². The number of ether oxygens (including phenoxy) is 1. The van der Waals surface area contributed by atoms with Gasteiger partial charge in [-0.25, -0.2) is 4.39 Å². The lowest BCUT2D eigenvalue weighted by Crippen LogP contribution is -2.12. The maximum atomic E-state index is 13.1. The van der Waals surface area contributed by atoms with Crippen molar-refractivity contribution in [1.29, 1.82) is 0 Å². The number of methoxy groups -OCH3 is 1. The molecule has 2 aromatic rings. The zero-order valence-corrected chi connectivity index (χ0v) is 12.8. The van der Waals surface area contributed by atoms with E-state index in [9.17, 15) is 9.18 Å². The summed E-state index contributed by atoms with van der Waals surface area (Å²) < 4.78 is 18.4. The average molecular weight is 359 g/mol. The van der Waals surface area contributed by atoms with Crippen LogP contribution in [-0.2, 0) is 0 Å². The molecule has 2 aromatic carbocycles. The maximum Gasteiger partial charge on any atom is 0.255 e. The molecule has 0 aliphatic rings. The summed E-state index contributed by atoms with van der Waals surface area (Å²) in [6.07, 6.45) is 0. The topological polar surface area (TPSA) is 38.3 Å². The molecule has 0 aliphatic heterocycles. The first-order valence-corrected chi connectivity index (χ1v) is 6.78. The van der Waals surface area contributed by atoms with E-state index in [2.05, 4.69) is 21.2 Å².